The van der Waals surface area contributed by atoms with E-state index in [4.69, 9.17) is 4.74 Å². The fourth-order valence-corrected chi connectivity index (χ4v) is 4.45. The van der Waals surface area contributed by atoms with Crippen LogP contribution in [0.3, 0.4) is 0 Å². The molecular weight excluding hydrogens is 352 g/mol. The molecule has 1 aromatic rings. The Kier molecular flexibility index (Phi) is 4.96. The second kappa shape index (κ2) is 6.78. The number of rotatable bonds is 2. The number of nitrogens with zero attached hydrogens (tertiary/aromatic N) is 2. The minimum Gasteiger partial charge on any atom is -0.591 e. The van der Waals surface area contributed by atoms with E-state index in [0.717, 1.165) is 29.0 Å². The van der Waals surface area contributed by atoms with Gasteiger partial charge in [-0.25, -0.2) is 4.79 Å². The van der Waals surface area contributed by atoms with Crippen molar-refractivity contribution in [3.8, 4) is 5.75 Å². The lowest BCUT2D eigenvalue weighted by atomic mass is 9.74. The van der Waals surface area contributed by atoms with Crippen LogP contribution in [0, 0.1) is 5.41 Å². The monoisotopic (exact) mass is 378 g/mol. The molecule has 1 saturated heterocycles. The van der Waals surface area contributed by atoms with Crippen molar-refractivity contribution in [3.63, 3.8) is 0 Å². The van der Waals surface area contributed by atoms with Crippen molar-refractivity contribution in [2.24, 2.45) is 9.81 Å². The summed E-state index contributed by atoms with van der Waals surface area (Å²) < 4.78 is 22.3. The van der Waals surface area contributed by atoms with E-state index in [0.29, 0.717) is 25.9 Å². The molecular formula is C19H26N2O4S. The highest BCUT2D eigenvalue weighted by atomic mass is 32.2. The summed E-state index contributed by atoms with van der Waals surface area (Å²) in [6, 6.07) is 5.91. The van der Waals surface area contributed by atoms with Crippen LogP contribution in [0.15, 0.2) is 22.6 Å². The van der Waals surface area contributed by atoms with Crippen LogP contribution in [-0.4, -0.2) is 51.3 Å². The number of ether oxygens (including phenoxy) is 1. The maximum absolute atomic E-state index is 12.7. The number of likely N-dealkylation sites (tertiary alicyclic amines) is 1. The molecule has 2 aliphatic rings. The second-order valence-electron chi connectivity index (χ2n) is 8.05. The average molecular weight is 378 g/mol. The summed E-state index contributed by atoms with van der Waals surface area (Å²) in [7, 11) is 1.64. The van der Waals surface area contributed by atoms with Crippen LogP contribution in [0.2, 0.25) is 0 Å². The molecule has 0 aromatic heterocycles. The summed E-state index contributed by atoms with van der Waals surface area (Å²) in [5.41, 5.74) is 2.78. The van der Waals surface area contributed by atoms with E-state index in [1.807, 2.05) is 39.0 Å². The molecule has 142 valence electrons. The van der Waals surface area contributed by atoms with Crippen molar-refractivity contribution in [3.05, 3.63) is 29.3 Å². The first-order valence-corrected chi connectivity index (χ1v) is 9.93. The van der Waals surface area contributed by atoms with Crippen molar-refractivity contribution in [2.75, 3.05) is 20.2 Å². The SMILES string of the molecule is COc1ccc2c(c1)CC1(CCN(C(=O)O)CC1)/C2=N/[S@+]([O-])C(C)(C)C. The van der Waals surface area contributed by atoms with Crippen molar-refractivity contribution in [1.29, 1.82) is 0 Å². The van der Waals surface area contributed by atoms with Gasteiger partial charge in [-0.05, 0) is 63.8 Å². The second-order valence-corrected chi connectivity index (χ2v) is 9.96. The quantitative estimate of drug-likeness (QED) is 0.801. The highest BCUT2D eigenvalue weighted by molar-refractivity contribution is 7.91. The number of methoxy groups -OCH3 is 1. The van der Waals surface area contributed by atoms with Gasteiger partial charge in [0.2, 0.25) is 0 Å². The number of carboxylic acid groups (broad SMARTS) is 1. The topological polar surface area (TPSA) is 85.2 Å². The minimum atomic E-state index is -1.36. The third kappa shape index (κ3) is 3.42. The molecule has 1 heterocycles. The summed E-state index contributed by atoms with van der Waals surface area (Å²) in [5, 5.41) is 9.26. The van der Waals surface area contributed by atoms with E-state index in [1.165, 1.54) is 4.90 Å². The summed E-state index contributed by atoms with van der Waals surface area (Å²) in [6.45, 7) is 6.69. The van der Waals surface area contributed by atoms with Crippen LogP contribution in [-0.2, 0) is 17.8 Å². The molecule has 1 aliphatic heterocycles. The van der Waals surface area contributed by atoms with Crippen LogP contribution in [0.5, 0.6) is 5.75 Å². The van der Waals surface area contributed by atoms with E-state index >= 15 is 0 Å². The Bertz CT molecular complexity index is 734. The number of benzene rings is 1. The van der Waals surface area contributed by atoms with Gasteiger partial charge in [0.05, 0.1) is 7.11 Å². The van der Waals surface area contributed by atoms with Crippen LogP contribution in [0.25, 0.3) is 0 Å². The molecule has 1 aromatic carbocycles. The number of piperidine rings is 1. The zero-order valence-electron chi connectivity index (χ0n) is 15.7. The molecule has 0 unspecified atom stereocenters. The Balaban J connectivity index is 2.01. The van der Waals surface area contributed by atoms with Crippen LogP contribution >= 0.6 is 0 Å². The Morgan fingerprint density at radius 1 is 1.35 bits per heavy atom. The minimum absolute atomic E-state index is 0.248. The van der Waals surface area contributed by atoms with Gasteiger partial charge in [-0.15, -0.1) is 0 Å². The Morgan fingerprint density at radius 2 is 2.00 bits per heavy atom. The fraction of sp³-hybridized carbons (Fsp3) is 0.579. The number of carbonyl (C=O) groups is 1. The van der Waals surface area contributed by atoms with Gasteiger partial charge in [0.1, 0.15) is 27.6 Å². The molecule has 0 saturated carbocycles. The molecule has 26 heavy (non-hydrogen) atoms. The van der Waals surface area contributed by atoms with Gasteiger partial charge in [-0.3, -0.25) is 0 Å². The molecule has 1 atom stereocenters. The van der Waals surface area contributed by atoms with E-state index in [2.05, 4.69) is 4.40 Å². The van der Waals surface area contributed by atoms with E-state index < -0.39 is 22.2 Å². The highest BCUT2D eigenvalue weighted by Crippen LogP contribution is 2.46. The predicted molar refractivity (Wildman–Crippen MR) is 102 cm³/mol. The largest absolute Gasteiger partial charge is 0.591 e. The molecule has 1 amide bonds. The first kappa shape index (κ1) is 19.0. The van der Waals surface area contributed by atoms with Gasteiger partial charge in [0.25, 0.3) is 0 Å². The third-order valence-corrected chi connectivity index (χ3v) is 6.68. The standard InChI is InChI=1S/C19H26N2O4S/c1-18(2,3)26(24)20-16-15-6-5-14(25-4)11-13(15)12-19(16)7-9-21(10-8-19)17(22)23/h5-6,11H,7-10,12H2,1-4H3,(H,22,23)/b20-16+/t26-/m1/s1. The summed E-state index contributed by atoms with van der Waals surface area (Å²) in [5.74, 6) is 0.792. The van der Waals surface area contributed by atoms with Gasteiger partial charge in [-0.2, -0.15) is 0 Å². The smallest absolute Gasteiger partial charge is 0.407 e. The van der Waals surface area contributed by atoms with Crippen molar-refractivity contribution >= 4 is 23.2 Å². The van der Waals surface area contributed by atoms with E-state index in [9.17, 15) is 14.5 Å². The summed E-state index contributed by atoms with van der Waals surface area (Å²) in [4.78, 5) is 12.7. The Morgan fingerprint density at radius 3 is 2.54 bits per heavy atom. The maximum atomic E-state index is 12.7. The number of hydrogen-bond acceptors (Lipinski definition) is 4. The molecule has 7 heteroatoms. The zero-order chi connectivity index (χ0) is 19.1. The Labute approximate surface area is 157 Å². The van der Waals surface area contributed by atoms with Gasteiger partial charge in [-0.1, -0.05) is 4.40 Å². The lowest BCUT2D eigenvalue weighted by Crippen LogP contribution is -2.45. The maximum Gasteiger partial charge on any atom is 0.407 e. The summed E-state index contributed by atoms with van der Waals surface area (Å²) >= 11 is -1.36. The molecule has 0 bridgehead atoms. The van der Waals surface area contributed by atoms with E-state index in [1.54, 1.807) is 7.11 Å². The van der Waals surface area contributed by atoms with Gasteiger partial charge in [0.15, 0.2) is 0 Å². The van der Waals surface area contributed by atoms with E-state index in [-0.39, 0.29) is 5.41 Å². The number of fused-ring (bicyclic) bond motifs is 1. The third-order valence-electron chi connectivity index (χ3n) is 5.29. The van der Waals surface area contributed by atoms with Crippen molar-refractivity contribution < 1.29 is 19.2 Å². The van der Waals surface area contributed by atoms with Gasteiger partial charge in [0, 0.05) is 24.1 Å². The van der Waals surface area contributed by atoms with Gasteiger partial charge < -0.3 is 19.3 Å². The first-order chi connectivity index (χ1) is 12.2. The van der Waals surface area contributed by atoms with Gasteiger partial charge >= 0.3 is 6.09 Å². The molecule has 1 N–H and O–H groups in total. The normalized spacial score (nSPS) is 21.7. The average Bonchev–Trinajstić information content (AvgIpc) is 2.86. The van der Waals surface area contributed by atoms with Crippen molar-refractivity contribution in [1.82, 2.24) is 4.90 Å². The summed E-state index contributed by atoms with van der Waals surface area (Å²) in [6.07, 6.45) is 1.29. The Hall–Kier alpha value is -1.73. The lowest BCUT2D eigenvalue weighted by Gasteiger charge is -2.38. The van der Waals surface area contributed by atoms with Crippen LogP contribution in [0.4, 0.5) is 4.79 Å². The molecule has 0 radical (unpaired) electrons. The highest BCUT2D eigenvalue weighted by Gasteiger charge is 2.48. The van der Waals surface area contributed by atoms with Crippen LogP contribution in [0.1, 0.15) is 44.7 Å². The van der Waals surface area contributed by atoms with Crippen molar-refractivity contribution in [2.45, 2.75) is 44.8 Å². The lowest BCUT2D eigenvalue weighted by molar-refractivity contribution is 0.115. The predicted octanol–water partition coefficient (Wildman–Crippen LogP) is 3.26. The molecule has 1 spiro atoms. The molecule has 1 aliphatic carbocycles. The molecule has 6 nitrogen and oxygen atoms in total. The fourth-order valence-electron chi connectivity index (χ4n) is 3.71. The number of amides is 1. The number of hydrogen-bond donors (Lipinski definition) is 1. The first-order valence-electron chi connectivity index (χ1n) is 8.83. The van der Waals surface area contributed by atoms with Crippen LogP contribution < -0.4 is 4.74 Å². The molecule has 3 rings (SSSR count). The zero-order valence-corrected chi connectivity index (χ0v) is 16.6. The molecule has 1 fully saturated rings.